The zero-order valence-corrected chi connectivity index (χ0v) is 25.1. The van der Waals surface area contributed by atoms with Crippen molar-refractivity contribution in [2.24, 2.45) is 13.5 Å². The van der Waals surface area contributed by atoms with Crippen LogP contribution in [0.15, 0.2) is 66.5 Å². The summed E-state index contributed by atoms with van der Waals surface area (Å²) in [6.45, 7) is 11.9. The lowest BCUT2D eigenvalue weighted by Crippen LogP contribution is -2.47. The van der Waals surface area contributed by atoms with Crippen molar-refractivity contribution in [2.75, 3.05) is 26.3 Å². The van der Waals surface area contributed by atoms with Crippen molar-refractivity contribution in [1.29, 1.82) is 0 Å². The monoisotopic (exact) mass is 596 g/mol. The highest BCUT2D eigenvalue weighted by atomic mass is 32.3. The Kier molecular flexibility index (Phi) is 8.46. The lowest BCUT2D eigenvalue weighted by atomic mass is 9.82. The molecule has 1 atom stereocenters. The van der Waals surface area contributed by atoms with E-state index in [1.54, 1.807) is 12.1 Å². The summed E-state index contributed by atoms with van der Waals surface area (Å²) < 4.78 is 65.6. The van der Waals surface area contributed by atoms with E-state index in [-0.39, 0.29) is 16.0 Å². The lowest BCUT2D eigenvalue weighted by molar-refractivity contribution is -0.384. The fourth-order valence-corrected chi connectivity index (χ4v) is 10.7. The number of benzene rings is 2. The van der Waals surface area contributed by atoms with E-state index in [1.165, 1.54) is 24.3 Å². The number of piperidine rings is 1. The minimum atomic E-state index is -4.36. The van der Waals surface area contributed by atoms with Crippen molar-refractivity contribution in [3.63, 3.8) is 0 Å². The van der Waals surface area contributed by atoms with Crippen molar-refractivity contribution in [3.8, 4) is 0 Å². The smallest absolute Gasteiger partial charge is 0.290 e. The summed E-state index contributed by atoms with van der Waals surface area (Å²) in [4.78, 5) is 10.9. The van der Waals surface area contributed by atoms with Gasteiger partial charge in [0.15, 0.2) is 5.79 Å². The molecule has 0 bridgehead atoms. The molecule has 220 valence electrons. The maximum atomic E-state index is 14.1. The molecular weight excluding hydrogens is 559 g/mol. The largest absolute Gasteiger partial charge is 0.347 e. The number of hydrogen-bond acceptors (Lipinski definition) is 7. The van der Waals surface area contributed by atoms with Gasteiger partial charge in [-0.2, -0.15) is 8.42 Å². The van der Waals surface area contributed by atoms with Crippen LogP contribution < -0.4 is 0 Å². The average Bonchev–Trinajstić information content (AvgIpc) is 3.30. The predicted octanol–water partition coefficient (Wildman–Crippen LogP) is 5.97. The van der Waals surface area contributed by atoms with E-state index in [9.17, 15) is 22.9 Å². The number of rotatable bonds is 7. The highest BCUT2D eigenvalue weighted by Gasteiger charge is 2.43. The van der Waals surface area contributed by atoms with Gasteiger partial charge in [-0.15, -0.1) is 3.77 Å². The number of sulfonamides is 1. The zero-order valence-electron chi connectivity index (χ0n) is 23.5. The van der Waals surface area contributed by atoms with Crippen molar-refractivity contribution in [1.82, 2.24) is 4.31 Å². The molecule has 0 aromatic heterocycles. The number of nitro groups is 1. The van der Waals surface area contributed by atoms with Gasteiger partial charge in [-0.25, -0.2) is 13.1 Å². The molecule has 2 aromatic rings. The van der Waals surface area contributed by atoms with Gasteiger partial charge >= 0.3 is 0 Å². The summed E-state index contributed by atoms with van der Waals surface area (Å²) in [6.07, 6.45) is 1.61. The van der Waals surface area contributed by atoms with Gasteiger partial charge in [0.25, 0.3) is 15.7 Å². The van der Waals surface area contributed by atoms with Crippen molar-refractivity contribution >= 4 is 25.5 Å². The van der Waals surface area contributed by atoms with Gasteiger partial charge in [-0.3, -0.25) is 10.1 Å². The Hall–Kier alpha value is -2.45. The molecule has 2 fully saturated rings. The molecule has 2 heterocycles. The fraction of sp³-hybridized carbons (Fsp3) is 0.556. The van der Waals surface area contributed by atoms with Gasteiger partial charge in [0.2, 0.25) is 0 Å². The highest BCUT2D eigenvalue weighted by Crippen LogP contribution is 2.39. The van der Waals surface area contributed by atoms with Crippen LogP contribution in [0.2, 0.25) is 0 Å². The van der Waals surface area contributed by atoms with E-state index in [1.807, 2.05) is 18.2 Å². The third kappa shape index (κ3) is 6.88. The Morgan fingerprint density at radius 1 is 0.950 bits per heavy atom. The molecule has 2 aromatic carbocycles. The molecule has 0 radical (unpaired) electrons. The minimum Gasteiger partial charge on any atom is -0.347 e. The zero-order chi connectivity index (χ0) is 29.4. The third-order valence-corrected chi connectivity index (χ3v) is 11.9. The molecule has 0 N–H and O–H groups in total. The van der Waals surface area contributed by atoms with E-state index in [2.05, 4.69) is 24.5 Å². The van der Waals surface area contributed by atoms with E-state index in [0.717, 1.165) is 12.1 Å². The first-order chi connectivity index (χ1) is 18.5. The van der Waals surface area contributed by atoms with Crippen molar-refractivity contribution in [3.05, 3.63) is 64.5 Å². The molecule has 0 amide bonds. The number of non-ortho nitro benzene ring substituents is 1. The molecule has 2 aliphatic rings. The van der Waals surface area contributed by atoms with Crippen LogP contribution in [0.25, 0.3) is 0 Å². The number of nitro benzene ring substituents is 1. The standard InChI is InChI=1S/C27H37FN4O6S2/c1-25(2,3)20-26(4,5)29-39(23-10-6-21(28)7-11-23,31-16-14-27(15-17-31)37-18-19-38-27)30-40(35,36)24-12-8-22(9-13-24)32(33)34/h6-13H,14-20H2,1-5H3. The van der Waals surface area contributed by atoms with Crippen molar-refractivity contribution in [2.45, 2.75) is 75.0 Å². The summed E-state index contributed by atoms with van der Waals surface area (Å²) in [7, 11) is -7.38. The summed E-state index contributed by atoms with van der Waals surface area (Å²) in [5.74, 6) is -1.18. The van der Waals surface area contributed by atoms with Gasteiger partial charge in [0.1, 0.15) is 5.82 Å². The van der Waals surface area contributed by atoms with Gasteiger partial charge in [-0.1, -0.05) is 20.8 Å². The van der Waals surface area contributed by atoms with Gasteiger partial charge < -0.3 is 9.47 Å². The summed E-state index contributed by atoms with van der Waals surface area (Å²) in [5, 5.41) is 11.2. The average molecular weight is 597 g/mol. The molecule has 40 heavy (non-hydrogen) atoms. The van der Waals surface area contributed by atoms with E-state index < -0.39 is 41.9 Å². The van der Waals surface area contributed by atoms with Gasteiger partial charge in [0.05, 0.1) is 28.6 Å². The van der Waals surface area contributed by atoms with Crippen LogP contribution >= 0.6 is 0 Å². The molecule has 2 saturated heterocycles. The first-order valence-electron chi connectivity index (χ1n) is 13.1. The number of halogens is 1. The summed E-state index contributed by atoms with van der Waals surface area (Å²) in [6, 6.07) is 10.3. The van der Waals surface area contributed by atoms with Crippen LogP contribution in [-0.2, 0) is 29.3 Å². The quantitative estimate of drug-likeness (QED) is 0.285. The second kappa shape index (κ2) is 11.1. The molecule has 4 rings (SSSR count). The Bertz CT molecular complexity index is 1460. The number of hydrogen-bond donors (Lipinski definition) is 0. The second-order valence-corrected chi connectivity index (χ2v) is 16.2. The van der Waals surface area contributed by atoms with Crippen molar-refractivity contribution < 1.29 is 27.2 Å². The van der Waals surface area contributed by atoms with Crippen LogP contribution in [0.5, 0.6) is 0 Å². The SMILES string of the molecule is CC(C)(C)CC(C)(C)N=S(=NS(=O)(=O)c1ccc([N+](=O)[O-])cc1)(c1ccc(F)cc1)N1CCC2(CC1)OCCO2. The molecule has 1 spiro atoms. The molecular formula is C27H37FN4O6S2. The maximum absolute atomic E-state index is 14.1. The highest BCUT2D eigenvalue weighted by molar-refractivity contribution is 8.03. The van der Waals surface area contributed by atoms with Crippen LogP contribution in [-0.4, -0.2) is 55.3 Å². The Morgan fingerprint density at radius 2 is 1.48 bits per heavy atom. The fourth-order valence-electron chi connectivity index (χ4n) is 5.45. The summed E-state index contributed by atoms with van der Waals surface area (Å²) >= 11 is 0. The molecule has 2 aliphatic heterocycles. The Morgan fingerprint density at radius 3 is 1.98 bits per heavy atom. The topological polar surface area (TPSA) is 124 Å². The van der Waals surface area contributed by atoms with E-state index in [0.29, 0.717) is 50.5 Å². The third-order valence-electron chi connectivity index (χ3n) is 6.67. The van der Waals surface area contributed by atoms with E-state index in [4.69, 9.17) is 13.8 Å². The van der Waals surface area contributed by atoms with Crippen LogP contribution in [0.4, 0.5) is 10.1 Å². The molecule has 0 aliphatic carbocycles. The minimum absolute atomic E-state index is 0.129. The Balaban J connectivity index is 1.97. The first kappa shape index (κ1) is 30.5. The maximum Gasteiger partial charge on any atom is 0.290 e. The second-order valence-electron chi connectivity index (χ2n) is 12.0. The Labute approximate surface area is 236 Å². The lowest BCUT2D eigenvalue weighted by Gasteiger charge is -2.41. The van der Waals surface area contributed by atoms with Gasteiger partial charge in [0, 0.05) is 52.8 Å². The van der Waals surface area contributed by atoms with E-state index >= 15 is 0 Å². The van der Waals surface area contributed by atoms with Crippen LogP contribution in [0.1, 0.15) is 53.9 Å². The summed E-state index contributed by atoms with van der Waals surface area (Å²) in [5.41, 5.74) is -1.08. The number of nitrogens with zero attached hydrogens (tertiary/aromatic N) is 4. The molecule has 10 nitrogen and oxygen atoms in total. The molecule has 0 saturated carbocycles. The number of ether oxygens (including phenoxy) is 2. The predicted molar refractivity (Wildman–Crippen MR) is 151 cm³/mol. The normalized spacial score (nSPS) is 19.8. The van der Waals surface area contributed by atoms with Crippen LogP contribution in [0, 0.1) is 21.3 Å². The molecule has 1 unspecified atom stereocenters. The van der Waals surface area contributed by atoms with Crippen LogP contribution in [0.3, 0.4) is 0 Å². The van der Waals surface area contributed by atoms with Gasteiger partial charge in [-0.05, 0) is 62.1 Å². The first-order valence-corrected chi connectivity index (χ1v) is 16.1. The molecule has 13 heteroatoms.